The van der Waals surface area contributed by atoms with Crippen molar-refractivity contribution >= 4 is 10.9 Å². The van der Waals surface area contributed by atoms with Crippen LogP contribution in [0.5, 0.6) is 0 Å². The lowest BCUT2D eigenvalue weighted by Crippen LogP contribution is -2.15. The van der Waals surface area contributed by atoms with Gasteiger partial charge in [0.05, 0.1) is 0 Å². The molecule has 0 saturated carbocycles. The van der Waals surface area contributed by atoms with Crippen LogP contribution in [-0.2, 0) is 6.54 Å². The van der Waals surface area contributed by atoms with Crippen LogP contribution in [0.1, 0.15) is 24.8 Å². The lowest BCUT2D eigenvalue weighted by molar-refractivity contribution is -0.135. The number of hydrogen-bond acceptors (Lipinski definition) is 1. The zero-order chi connectivity index (χ0) is 13.7. The van der Waals surface area contributed by atoms with Crippen molar-refractivity contribution in [2.45, 2.75) is 32.0 Å². The van der Waals surface area contributed by atoms with Crippen LogP contribution in [0.3, 0.4) is 0 Å². The van der Waals surface area contributed by atoms with E-state index in [2.05, 4.69) is 16.4 Å². The molecule has 0 aliphatic rings. The Hall–Kier alpha value is -1.49. The lowest BCUT2D eigenvalue weighted by atomic mass is 10.1. The topological polar surface area (TPSA) is 27.8 Å². The Balaban J connectivity index is 1.68. The molecule has 5 heteroatoms. The molecule has 0 radical (unpaired) electrons. The zero-order valence-corrected chi connectivity index (χ0v) is 10.6. The summed E-state index contributed by atoms with van der Waals surface area (Å²) in [4.78, 5) is 3.13. The summed E-state index contributed by atoms with van der Waals surface area (Å²) in [5.74, 6) is 0. The van der Waals surface area contributed by atoms with E-state index in [4.69, 9.17) is 0 Å². The number of unbranched alkanes of at least 4 members (excludes halogenated alkanes) is 1. The highest BCUT2D eigenvalue weighted by Gasteiger charge is 2.25. The van der Waals surface area contributed by atoms with Gasteiger partial charge < -0.3 is 10.3 Å². The standard InChI is InChI=1S/C14H17F3N2/c15-14(16,17)6-1-2-7-18-10-11-3-4-12-5-8-19-13(12)9-11/h3-5,8-9,18-19H,1-2,6-7,10H2. The fourth-order valence-electron chi connectivity index (χ4n) is 2.01. The summed E-state index contributed by atoms with van der Waals surface area (Å²) in [7, 11) is 0. The average molecular weight is 270 g/mol. The maximum Gasteiger partial charge on any atom is 0.389 e. The predicted octanol–water partition coefficient (Wildman–Crippen LogP) is 3.99. The minimum atomic E-state index is -4.03. The Kier molecular flexibility index (Phi) is 4.47. The van der Waals surface area contributed by atoms with E-state index in [-0.39, 0.29) is 6.42 Å². The van der Waals surface area contributed by atoms with Crippen molar-refractivity contribution in [2.75, 3.05) is 6.54 Å². The molecule has 0 amide bonds. The quantitative estimate of drug-likeness (QED) is 0.763. The third kappa shape index (κ3) is 4.59. The van der Waals surface area contributed by atoms with E-state index in [0.29, 0.717) is 19.5 Å². The largest absolute Gasteiger partial charge is 0.389 e. The molecule has 0 atom stereocenters. The normalized spacial score (nSPS) is 12.2. The zero-order valence-electron chi connectivity index (χ0n) is 10.6. The van der Waals surface area contributed by atoms with Crippen LogP contribution in [0.4, 0.5) is 13.2 Å². The highest BCUT2D eigenvalue weighted by Crippen LogP contribution is 2.21. The molecule has 104 valence electrons. The number of rotatable bonds is 6. The van der Waals surface area contributed by atoms with Gasteiger partial charge in [0.25, 0.3) is 0 Å². The van der Waals surface area contributed by atoms with E-state index in [0.717, 1.165) is 16.5 Å². The first kappa shape index (κ1) is 13.9. The number of halogens is 3. The van der Waals surface area contributed by atoms with E-state index >= 15 is 0 Å². The first-order valence-electron chi connectivity index (χ1n) is 6.38. The summed E-state index contributed by atoms with van der Waals surface area (Å²) in [6.45, 7) is 1.29. The van der Waals surface area contributed by atoms with Crippen molar-refractivity contribution in [2.24, 2.45) is 0 Å². The van der Waals surface area contributed by atoms with Gasteiger partial charge in [-0.25, -0.2) is 0 Å². The maximum atomic E-state index is 11.9. The van der Waals surface area contributed by atoms with Crippen LogP contribution in [0.25, 0.3) is 10.9 Å². The van der Waals surface area contributed by atoms with Gasteiger partial charge in [0, 0.05) is 24.7 Å². The number of aromatic nitrogens is 1. The number of aromatic amines is 1. The second-order valence-electron chi connectivity index (χ2n) is 4.65. The Labute approximate surface area is 110 Å². The van der Waals surface area contributed by atoms with Crippen molar-refractivity contribution < 1.29 is 13.2 Å². The van der Waals surface area contributed by atoms with E-state index in [1.54, 1.807) is 0 Å². The van der Waals surface area contributed by atoms with Crippen LogP contribution in [0.15, 0.2) is 30.5 Å². The van der Waals surface area contributed by atoms with Crippen LogP contribution in [-0.4, -0.2) is 17.7 Å². The molecule has 0 spiro atoms. The molecule has 2 N–H and O–H groups in total. The second-order valence-corrected chi connectivity index (χ2v) is 4.65. The predicted molar refractivity (Wildman–Crippen MR) is 69.9 cm³/mol. The summed E-state index contributed by atoms with van der Waals surface area (Å²) in [5.41, 5.74) is 2.21. The fourth-order valence-corrected chi connectivity index (χ4v) is 2.01. The van der Waals surface area contributed by atoms with Gasteiger partial charge in [-0.1, -0.05) is 12.1 Å². The summed E-state index contributed by atoms with van der Waals surface area (Å²) in [6.07, 6.45) is -2.10. The third-order valence-electron chi connectivity index (χ3n) is 3.01. The molecule has 0 bridgehead atoms. The van der Waals surface area contributed by atoms with Gasteiger partial charge in [0.2, 0.25) is 0 Å². The number of hydrogen-bond donors (Lipinski definition) is 2. The highest BCUT2D eigenvalue weighted by molar-refractivity contribution is 5.79. The van der Waals surface area contributed by atoms with Gasteiger partial charge in [-0.05, 0) is 42.5 Å². The van der Waals surface area contributed by atoms with Gasteiger partial charge in [-0.2, -0.15) is 13.2 Å². The molecular weight excluding hydrogens is 253 g/mol. The summed E-state index contributed by atoms with van der Waals surface area (Å²) in [5, 5.41) is 4.32. The molecule has 2 rings (SSSR count). The number of nitrogens with one attached hydrogen (secondary N) is 2. The second kappa shape index (κ2) is 6.10. The molecule has 0 unspecified atom stereocenters. The molecule has 0 fully saturated rings. The van der Waals surface area contributed by atoms with E-state index in [9.17, 15) is 13.2 Å². The average Bonchev–Trinajstić information content (AvgIpc) is 2.79. The van der Waals surface area contributed by atoms with Gasteiger partial charge in [0.15, 0.2) is 0 Å². The van der Waals surface area contributed by atoms with Crippen LogP contribution in [0, 0.1) is 0 Å². The van der Waals surface area contributed by atoms with Gasteiger partial charge in [0.1, 0.15) is 0 Å². The van der Waals surface area contributed by atoms with E-state index in [1.807, 2.05) is 24.4 Å². The smallest absolute Gasteiger partial charge is 0.361 e. The number of fused-ring (bicyclic) bond motifs is 1. The molecule has 1 heterocycles. The van der Waals surface area contributed by atoms with Gasteiger partial charge >= 0.3 is 6.18 Å². The number of H-pyrrole nitrogens is 1. The Morgan fingerprint density at radius 1 is 1.11 bits per heavy atom. The molecule has 1 aromatic heterocycles. The van der Waals surface area contributed by atoms with Gasteiger partial charge in [-0.15, -0.1) is 0 Å². The van der Waals surface area contributed by atoms with Crippen LogP contribution < -0.4 is 5.32 Å². The molecule has 1 aromatic carbocycles. The fraction of sp³-hybridized carbons (Fsp3) is 0.429. The summed E-state index contributed by atoms with van der Waals surface area (Å²) < 4.78 is 35.8. The minimum Gasteiger partial charge on any atom is -0.361 e. The van der Waals surface area contributed by atoms with Crippen molar-refractivity contribution in [1.29, 1.82) is 0 Å². The van der Waals surface area contributed by atoms with Crippen molar-refractivity contribution in [3.63, 3.8) is 0 Å². The Morgan fingerprint density at radius 3 is 2.74 bits per heavy atom. The SMILES string of the molecule is FC(F)(F)CCCCNCc1ccc2cc[nH]c2c1. The first-order chi connectivity index (χ1) is 9.04. The molecule has 0 aliphatic carbocycles. The van der Waals surface area contributed by atoms with E-state index < -0.39 is 12.6 Å². The molecule has 0 aliphatic heterocycles. The number of alkyl halides is 3. The van der Waals surface area contributed by atoms with E-state index in [1.165, 1.54) is 0 Å². The monoisotopic (exact) mass is 270 g/mol. The molecule has 2 nitrogen and oxygen atoms in total. The Bertz CT molecular complexity index is 517. The molecule has 19 heavy (non-hydrogen) atoms. The van der Waals surface area contributed by atoms with Crippen LogP contribution >= 0.6 is 0 Å². The Morgan fingerprint density at radius 2 is 1.95 bits per heavy atom. The first-order valence-corrected chi connectivity index (χ1v) is 6.38. The van der Waals surface area contributed by atoms with Crippen molar-refractivity contribution in [1.82, 2.24) is 10.3 Å². The highest BCUT2D eigenvalue weighted by atomic mass is 19.4. The molecule has 2 aromatic rings. The maximum absolute atomic E-state index is 11.9. The minimum absolute atomic E-state index is 0.187. The number of benzene rings is 1. The van der Waals surface area contributed by atoms with Crippen molar-refractivity contribution in [3.8, 4) is 0 Å². The van der Waals surface area contributed by atoms with Crippen LogP contribution in [0.2, 0.25) is 0 Å². The molecular formula is C14H17F3N2. The summed E-state index contributed by atoms with van der Waals surface area (Å²) in [6, 6.07) is 8.12. The third-order valence-corrected chi connectivity index (χ3v) is 3.01. The van der Waals surface area contributed by atoms with Crippen molar-refractivity contribution in [3.05, 3.63) is 36.0 Å². The van der Waals surface area contributed by atoms with Gasteiger partial charge in [-0.3, -0.25) is 0 Å². The lowest BCUT2D eigenvalue weighted by Gasteiger charge is -2.07. The molecule has 0 saturated heterocycles. The summed E-state index contributed by atoms with van der Waals surface area (Å²) >= 11 is 0.